The van der Waals surface area contributed by atoms with Gasteiger partial charge in [0.1, 0.15) is 6.07 Å². The van der Waals surface area contributed by atoms with E-state index in [0.29, 0.717) is 11.7 Å². The van der Waals surface area contributed by atoms with Crippen LogP contribution in [0.5, 0.6) is 0 Å². The maximum absolute atomic E-state index is 9.06. The highest BCUT2D eigenvalue weighted by molar-refractivity contribution is 5.23. The molecule has 4 aliphatic carbocycles. The molecule has 4 saturated carbocycles. The van der Waals surface area contributed by atoms with E-state index in [1.807, 2.05) is 6.92 Å². The van der Waals surface area contributed by atoms with E-state index in [9.17, 15) is 0 Å². The second kappa shape index (κ2) is 4.03. The van der Waals surface area contributed by atoms with Gasteiger partial charge in [0.15, 0.2) is 0 Å². The second-order valence-electron chi connectivity index (χ2n) is 6.83. The first-order chi connectivity index (χ1) is 9.22. The second-order valence-corrected chi connectivity index (χ2v) is 6.83. The van der Waals surface area contributed by atoms with Crippen LogP contribution >= 0.6 is 0 Å². The van der Waals surface area contributed by atoms with Crippen molar-refractivity contribution in [3.63, 3.8) is 0 Å². The van der Waals surface area contributed by atoms with Crippen LogP contribution in [-0.4, -0.2) is 9.97 Å². The summed E-state index contributed by atoms with van der Waals surface area (Å²) in [7, 11) is 0. The van der Waals surface area contributed by atoms with E-state index in [2.05, 4.69) is 22.1 Å². The lowest BCUT2D eigenvalue weighted by Crippen LogP contribution is -2.44. The average molecular weight is 253 g/mol. The third kappa shape index (κ3) is 1.77. The molecule has 0 unspecified atom stereocenters. The quantitative estimate of drug-likeness (QED) is 0.772. The molecule has 0 radical (unpaired) electrons. The van der Waals surface area contributed by atoms with Crippen molar-refractivity contribution < 1.29 is 0 Å². The topological polar surface area (TPSA) is 49.6 Å². The normalized spacial score (nSPS) is 39.3. The van der Waals surface area contributed by atoms with Crippen LogP contribution in [-0.2, 0) is 0 Å². The van der Waals surface area contributed by atoms with Crippen molar-refractivity contribution in [1.29, 1.82) is 5.26 Å². The maximum atomic E-state index is 9.06. The van der Waals surface area contributed by atoms with Crippen molar-refractivity contribution in [2.45, 2.75) is 44.9 Å². The summed E-state index contributed by atoms with van der Waals surface area (Å²) in [6, 6.07) is 4.23. The van der Waals surface area contributed by atoms with Crippen LogP contribution in [0.4, 0.5) is 0 Å². The molecule has 0 spiro atoms. The lowest BCUT2D eigenvalue weighted by atomic mass is 9.51. The zero-order valence-corrected chi connectivity index (χ0v) is 11.3. The molecule has 0 aromatic carbocycles. The molecule has 3 heteroatoms. The molecular formula is C16H19N3. The van der Waals surface area contributed by atoms with Crippen molar-refractivity contribution in [3.05, 3.63) is 23.3 Å². The molecule has 0 saturated heterocycles. The average Bonchev–Trinajstić information content (AvgIpc) is 2.36. The summed E-state index contributed by atoms with van der Waals surface area (Å²) in [6.07, 6.45) is 7.04. The molecule has 19 heavy (non-hydrogen) atoms. The number of hydrogen-bond acceptors (Lipinski definition) is 3. The summed E-state index contributed by atoms with van der Waals surface area (Å²) < 4.78 is 0. The highest BCUT2D eigenvalue weighted by atomic mass is 14.9. The first-order valence-corrected chi connectivity index (χ1v) is 7.48. The monoisotopic (exact) mass is 253 g/mol. The van der Waals surface area contributed by atoms with E-state index < -0.39 is 0 Å². The largest absolute Gasteiger partial charge is 0.232 e. The predicted octanol–water partition coefficient (Wildman–Crippen LogP) is 3.20. The predicted molar refractivity (Wildman–Crippen MR) is 71.3 cm³/mol. The van der Waals surface area contributed by atoms with Gasteiger partial charge in [-0.2, -0.15) is 5.26 Å². The third-order valence-corrected chi connectivity index (χ3v) is 5.54. The van der Waals surface area contributed by atoms with Crippen LogP contribution in [0.2, 0.25) is 0 Å². The van der Waals surface area contributed by atoms with Gasteiger partial charge in [-0.25, -0.2) is 9.97 Å². The fourth-order valence-electron chi connectivity index (χ4n) is 5.22. The Morgan fingerprint density at radius 3 is 2.26 bits per heavy atom. The Bertz CT molecular complexity index is 530. The zero-order valence-electron chi connectivity index (χ0n) is 11.3. The van der Waals surface area contributed by atoms with E-state index in [4.69, 9.17) is 5.26 Å². The number of hydrogen-bond donors (Lipinski definition) is 0. The molecule has 5 rings (SSSR count). The van der Waals surface area contributed by atoms with Gasteiger partial charge in [-0.05, 0) is 68.8 Å². The first-order valence-electron chi connectivity index (χ1n) is 7.48. The number of nitriles is 1. The molecule has 0 N–H and O–H groups in total. The first kappa shape index (κ1) is 11.4. The molecule has 98 valence electrons. The minimum absolute atomic E-state index is 0.351. The number of rotatable bonds is 1. The molecule has 0 amide bonds. The van der Waals surface area contributed by atoms with Gasteiger partial charge in [0.25, 0.3) is 0 Å². The van der Waals surface area contributed by atoms with Gasteiger partial charge in [0.2, 0.25) is 5.82 Å². The van der Waals surface area contributed by atoms with Gasteiger partial charge in [-0.15, -0.1) is 0 Å². The number of nitrogens with zero attached hydrogens (tertiary/aromatic N) is 3. The van der Waals surface area contributed by atoms with Crippen molar-refractivity contribution >= 4 is 0 Å². The van der Waals surface area contributed by atoms with Crippen LogP contribution in [0.15, 0.2) is 6.07 Å². The van der Waals surface area contributed by atoms with Gasteiger partial charge in [-0.1, -0.05) is 0 Å². The van der Waals surface area contributed by atoms with Gasteiger partial charge < -0.3 is 0 Å². The summed E-state index contributed by atoms with van der Waals surface area (Å²) in [5.41, 5.74) is 2.09. The number of aromatic nitrogens is 2. The SMILES string of the molecule is Cc1cc(C2C3CC4CC(C3)CC2C4)nc(C#N)n1. The highest BCUT2D eigenvalue weighted by Gasteiger charge is 2.49. The fourth-order valence-corrected chi connectivity index (χ4v) is 5.22. The van der Waals surface area contributed by atoms with Gasteiger partial charge in [0, 0.05) is 17.3 Å². The lowest BCUT2D eigenvalue weighted by molar-refractivity contribution is -0.00423. The molecule has 0 atom stereocenters. The molecule has 1 aromatic heterocycles. The number of aryl methyl sites for hydroxylation is 1. The van der Waals surface area contributed by atoms with E-state index in [1.165, 1.54) is 32.1 Å². The molecule has 0 aliphatic heterocycles. The standard InChI is InChI=1S/C16H19N3/c1-9-2-14(19-15(8-17)18-9)16-12-4-10-3-11(6-12)7-13(16)5-10/h2,10-13,16H,3-7H2,1H3. The Labute approximate surface area is 114 Å². The fraction of sp³-hybridized carbons (Fsp3) is 0.688. The van der Waals surface area contributed by atoms with Gasteiger partial charge >= 0.3 is 0 Å². The van der Waals surface area contributed by atoms with Crippen LogP contribution in [0.25, 0.3) is 0 Å². The molecule has 1 heterocycles. The Morgan fingerprint density at radius 1 is 1.05 bits per heavy atom. The summed E-state index contributed by atoms with van der Waals surface area (Å²) in [6.45, 7) is 1.97. The molecular weight excluding hydrogens is 234 g/mol. The van der Waals surface area contributed by atoms with Crippen molar-refractivity contribution in [1.82, 2.24) is 9.97 Å². The molecule has 1 aromatic rings. The Kier molecular flexibility index (Phi) is 2.42. The van der Waals surface area contributed by atoms with Gasteiger partial charge in [-0.3, -0.25) is 0 Å². The van der Waals surface area contributed by atoms with Crippen molar-refractivity contribution in [3.8, 4) is 6.07 Å². The molecule has 3 nitrogen and oxygen atoms in total. The Balaban J connectivity index is 1.73. The summed E-state index contributed by atoms with van der Waals surface area (Å²) >= 11 is 0. The summed E-state index contributed by atoms with van der Waals surface area (Å²) in [5.74, 6) is 4.55. The van der Waals surface area contributed by atoms with E-state index in [1.54, 1.807) is 0 Å². The highest BCUT2D eigenvalue weighted by Crippen LogP contribution is 2.59. The maximum Gasteiger partial charge on any atom is 0.232 e. The van der Waals surface area contributed by atoms with E-state index >= 15 is 0 Å². The minimum Gasteiger partial charge on any atom is -0.224 e. The molecule has 4 aliphatic rings. The summed E-state index contributed by atoms with van der Waals surface area (Å²) in [5, 5.41) is 9.06. The van der Waals surface area contributed by atoms with Gasteiger partial charge in [0.05, 0.1) is 0 Å². The molecule has 4 bridgehead atoms. The van der Waals surface area contributed by atoms with Crippen LogP contribution in [0, 0.1) is 41.9 Å². The van der Waals surface area contributed by atoms with Crippen molar-refractivity contribution in [2.24, 2.45) is 23.7 Å². The third-order valence-electron chi connectivity index (χ3n) is 5.54. The smallest absolute Gasteiger partial charge is 0.224 e. The van der Waals surface area contributed by atoms with Crippen LogP contribution in [0.1, 0.15) is 55.2 Å². The molecule has 4 fully saturated rings. The van der Waals surface area contributed by atoms with Crippen LogP contribution < -0.4 is 0 Å². The van der Waals surface area contributed by atoms with Crippen LogP contribution in [0.3, 0.4) is 0 Å². The Hall–Kier alpha value is -1.43. The lowest BCUT2D eigenvalue weighted by Gasteiger charge is -2.54. The van der Waals surface area contributed by atoms with E-state index in [-0.39, 0.29) is 0 Å². The minimum atomic E-state index is 0.351. The van der Waals surface area contributed by atoms with E-state index in [0.717, 1.165) is 35.1 Å². The Morgan fingerprint density at radius 2 is 1.68 bits per heavy atom. The summed E-state index contributed by atoms with van der Waals surface area (Å²) in [4.78, 5) is 8.72. The van der Waals surface area contributed by atoms with Crippen molar-refractivity contribution in [2.75, 3.05) is 0 Å². The zero-order chi connectivity index (χ0) is 13.0.